The number of nitro groups is 1. The molecule has 1 aliphatic rings. The summed E-state index contributed by atoms with van der Waals surface area (Å²) in [5, 5.41) is 11.2. The van der Waals surface area contributed by atoms with Crippen molar-refractivity contribution in [2.24, 2.45) is 9.98 Å². The number of benzene rings is 1. The minimum atomic E-state index is -0.453. The van der Waals surface area contributed by atoms with Crippen LogP contribution < -0.4 is 0 Å². The van der Waals surface area contributed by atoms with Gasteiger partial charge in [-0.15, -0.1) is 12.4 Å². The zero-order valence-corrected chi connectivity index (χ0v) is 12.4. The number of aliphatic imine (C=N–C) groups is 2. The van der Waals surface area contributed by atoms with E-state index in [4.69, 9.17) is 11.6 Å². The predicted octanol–water partition coefficient (Wildman–Crippen LogP) is 3.71. The molecule has 0 aliphatic carbocycles. The number of nitrogens with zero attached hydrogens (tertiary/aromatic N) is 3. The first-order chi connectivity index (χ1) is 9.18. The summed E-state index contributed by atoms with van der Waals surface area (Å²) in [7, 11) is 0. The third-order valence-corrected chi connectivity index (χ3v) is 3.26. The first-order valence-corrected chi connectivity index (χ1v) is 6.51. The van der Waals surface area contributed by atoms with Crippen molar-refractivity contribution >= 4 is 41.6 Å². The molecule has 5 nitrogen and oxygen atoms in total. The van der Waals surface area contributed by atoms with Gasteiger partial charge in [-0.25, -0.2) is 0 Å². The molecule has 108 valence electrons. The maximum Gasteiger partial charge on any atom is 0.279 e. The van der Waals surface area contributed by atoms with Crippen LogP contribution in [-0.2, 0) is 0 Å². The Bertz CT molecular complexity index is 544. The third-order valence-electron chi connectivity index (χ3n) is 2.93. The second-order valence-corrected chi connectivity index (χ2v) is 4.71. The number of rotatable bonds is 4. The standard InChI is InChI=1S/C13H14ClN3O2.ClH/c14-12-5-3-6-13(17(18)19)11(12)9-15-8-10-4-1-2-7-16-10;/h3,5-6,9H,1-2,4,7-8H2;1H. The van der Waals surface area contributed by atoms with Crippen molar-refractivity contribution < 1.29 is 4.92 Å². The van der Waals surface area contributed by atoms with Gasteiger partial charge in [-0.05, 0) is 25.3 Å². The van der Waals surface area contributed by atoms with Crippen molar-refractivity contribution in [3.8, 4) is 0 Å². The molecule has 0 bridgehead atoms. The van der Waals surface area contributed by atoms with Crippen LogP contribution in [0, 0.1) is 10.1 Å². The number of nitro benzene ring substituents is 1. The van der Waals surface area contributed by atoms with E-state index in [1.54, 1.807) is 12.1 Å². The van der Waals surface area contributed by atoms with Gasteiger partial charge in [0, 0.05) is 24.5 Å². The first kappa shape index (κ1) is 16.6. The van der Waals surface area contributed by atoms with E-state index in [2.05, 4.69) is 9.98 Å². The molecule has 0 unspecified atom stereocenters. The molecule has 0 N–H and O–H groups in total. The van der Waals surface area contributed by atoms with E-state index < -0.39 is 4.92 Å². The monoisotopic (exact) mass is 315 g/mol. The Hall–Kier alpha value is -1.46. The normalized spacial score (nSPS) is 14.8. The molecule has 0 atom stereocenters. The van der Waals surface area contributed by atoms with Crippen LogP contribution in [0.1, 0.15) is 24.8 Å². The van der Waals surface area contributed by atoms with Gasteiger partial charge in [-0.2, -0.15) is 0 Å². The van der Waals surface area contributed by atoms with Crippen LogP contribution >= 0.6 is 24.0 Å². The van der Waals surface area contributed by atoms with Gasteiger partial charge in [0.1, 0.15) is 0 Å². The highest BCUT2D eigenvalue weighted by Gasteiger charge is 2.14. The number of hydrogen-bond donors (Lipinski definition) is 0. The Kier molecular flexibility index (Phi) is 6.61. The fraction of sp³-hybridized carbons (Fsp3) is 0.385. The molecular formula is C13H15Cl2N3O2. The van der Waals surface area contributed by atoms with Crippen LogP contribution in [0.2, 0.25) is 5.02 Å². The average Bonchev–Trinajstić information content (AvgIpc) is 2.41. The largest absolute Gasteiger partial charge is 0.292 e. The van der Waals surface area contributed by atoms with E-state index in [-0.39, 0.29) is 18.1 Å². The number of halogens is 2. The van der Waals surface area contributed by atoms with Gasteiger partial charge in [-0.3, -0.25) is 20.1 Å². The molecular weight excluding hydrogens is 301 g/mol. The van der Waals surface area contributed by atoms with E-state index in [0.29, 0.717) is 17.1 Å². The summed E-state index contributed by atoms with van der Waals surface area (Å²) < 4.78 is 0. The quantitative estimate of drug-likeness (QED) is 0.483. The van der Waals surface area contributed by atoms with Crippen LogP contribution in [-0.4, -0.2) is 29.9 Å². The summed E-state index contributed by atoms with van der Waals surface area (Å²) in [6, 6.07) is 4.60. The maximum atomic E-state index is 10.9. The molecule has 0 amide bonds. The second kappa shape index (κ2) is 7.97. The lowest BCUT2D eigenvalue weighted by molar-refractivity contribution is -0.385. The summed E-state index contributed by atoms with van der Waals surface area (Å²) in [4.78, 5) is 19.0. The first-order valence-electron chi connectivity index (χ1n) is 6.13. The lowest BCUT2D eigenvalue weighted by Gasteiger charge is -2.08. The number of hydrogen-bond acceptors (Lipinski definition) is 4. The third kappa shape index (κ3) is 4.28. The Morgan fingerprint density at radius 3 is 2.90 bits per heavy atom. The maximum absolute atomic E-state index is 10.9. The smallest absolute Gasteiger partial charge is 0.279 e. The summed E-state index contributed by atoms with van der Waals surface area (Å²) in [6.07, 6.45) is 4.70. The average molecular weight is 316 g/mol. The fourth-order valence-electron chi connectivity index (χ4n) is 1.94. The molecule has 20 heavy (non-hydrogen) atoms. The lowest BCUT2D eigenvalue weighted by Crippen LogP contribution is -2.09. The highest BCUT2D eigenvalue weighted by Crippen LogP contribution is 2.24. The van der Waals surface area contributed by atoms with Crippen LogP contribution in [0.4, 0.5) is 5.69 Å². The van der Waals surface area contributed by atoms with E-state index in [1.807, 2.05) is 0 Å². The fourth-order valence-corrected chi connectivity index (χ4v) is 2.16. The Labute approximate surface area is 128 Å². The van der Waals surface area contributed by atoms with Crippen molar-refractivity contribution in [3.05, 3.63) is 38.9 Å². The van der Waals surface area contributed by atoms with Crippen molar-refractivity contribution in [1.29, 1.82) is 0 Å². The Morgan fingerprint density at radius 2 is 2.25 bits per heavy atom. The Balaban J connectivity index is 0.00000200. The molecule has 0 radical (unpaired) electrons. The molecule has 7 heteroatoms. The van der Waals surface area contributed by atoms with Crippen molar-refractivity contribution in [3.63, 3.8) is 0 Å². The summed E-state index contributed by atoms with van der Waals surface area (Å²) in [5.74, 6) is 0. The molecule has 1 aromatic carbocycles. The van der Waals surface area contributed by atoms with Gasteiger partial charge in [-0.1, -0.05) is 17.7 Å². The van der Waals surface area contributed by atoms with E-state index >= 15 is 0 Å². The van der Waals surface area contributed by atoms with E-state index in [1.165, 1.54) is 12.3 Å². The molecule has 1 heterocycles. The Morgan fingerprint density at radius 1 is 1.45 bits per heavy atom. The van der Waals surface area contributed by atoms with Gasteiger partial charge in [0.05, 0.1) is 22.1 Å². The van der Waals surface area contributed by atoms with Crippen molar-refractivity contribution in [1.82, 2.24) is 0 Å². The van der Waals surface area contributed by atoms with Crippen LogP contribution in [0.3, 0.4) is 0 Å². The minimum Gasteiger partial charge on any atom is -0.292 e. The highest BCUT2D eigenvalue weighted by molar-refractivity contribution is 6.33. The van der Waals surface area contributed by atoms with Gasteiger partial charge < -0.3 is 0 Å². The highest BCUT2D eigenvalue weighted by atomic mass is 35.5. The van der Waals surface area contributed by atoms with Gasteiger partial charge in [0.2, 0.25) is 0 Å². The summed E-state index contributed by atoms with van der Waals surface area (Å²) in [6.45, 7) is 1.35. The van der Waals surface area contributed by atoms with Gasteiger partial charge >= 0.3 is 0 Å². The molecule has 0 fully saturated rings. The topological polar surface area (TPSA) is 67.9 Å². The van der Waals surface area contributed by atoms with Crippen LogP contribution in [0.25, 0.3) is 0 Å². The van der Waals surface area contributed by atoms with Crippen molar-refractivity contribution in [2.75, 3.05) is 13.1 Å². The van der Waals surface area contributed by atoms with E-state index in [0.717, 1.165) is 31.5 Å². The summed E-state index contributed by atoms with van der Waals surface area (Å²) in [5.41, 5.74) is 1.38. The molecule has 2 rings (SSSR count). The summed E-state index contributed by atoms with van der Waals surface area (Å²) >= 11 is 5.97. The second-order valence-electron chi connectivity index (χ2n) is 4.30. The lowest BCUT2D eigenvalue weighted by atomic mass is 10.1. The molecule has 0 saturated carbocycles. The zero-order chi connectivity index (χ0) is 13.7. The molecule has 1 aromatic rings. The van der Waals surface area contributed by atoms with Crippen LogP contribution in [0.5, 0.6) is 0 Å². The molecule has 1 aliphatic heterocycles. The predicted molar refractivity (Wildman–Crippen MR) is 84.0 cm³/mol. The van der Waals surface area contributed by atoms with E-state index in [9.17, 15) is 10.1 Å². The van der Waals surface area contributed by atoms with Gasteiger partial charge in [0.15, 0.2) is 0 Å². The van der Waals surface area contributed by atoms with Gasteiger partial charge in [0.25, 0.3) is 5.69 Å². The zero-order valence-electron chi connectivity index (χ0n) is 10.8. The molecule has 0 saturated heterocycles. The SMILES string of the molecule is Cl.O=[N+]([O-])c1cccc(Cl)c1C=NCC1=NCCCC1. The minimum absolute atomic E-state index is 0. The van der Waals surface area contributed by atoms with Crippen molar-refractivity contribution in [2.45, 2.75) is 19.3 Å². The molecule has 0 aromatic heterocycles. The van der Waals surface area contributed by atoms with Crippen LogP contribution in [0.15, 0.2) is 28.2 Å². The molecule has 0 spiro atoms.